The molecule has 6 heteroatoms. The smallest absolute Gasteiger partial charge is 0.319 e. The van der Waals surface area contributed by atoms with Gasteiger partial charge in [-0.25, -0.2) is 4.79 Å². The molecule has 1 aromatic heterocycles. The first-order valence-corrected chi connectivity index (χ1v) is 6.69. The van der Waals surface area contributed by atoms with Crippen LogP contribution in [-0.2, 0) is 4.79 Å². The van der Waals surface area contributed by atoms with Crippen molar-refractivity contribution in [2.45, 2.75) is 19.4 Å². The summed E-state index contributed by atoms with van der Waals surface area (Å²) in [4.78, 5) is 22.2. The maximum Gasteiger partial charge on any atom is 0.319 e. The zero-order chi connectivity index (χ0) is 13.8. The number of anilines is 1. The van der Waals surface area contributed by atoms with E-state index in [1.54, 1.807) is 18.3 Å². The molecule has 0 saturated heterocycles. The number of carboxylic acids is 1. The molecule has 0 spiro atoms. The number of hydrogen-bond acceptors (Lipinski definition) is 3. The number of benzene rings is 1. The van der Waals surface area contributed by atoms with Crippen LogP contribution in [0.5, 0.6) is 0 Å². The fourth-order valence-corrected chi connectivity index (χ4v) is 2.52. The molecule has 0 aliphatic heterocycles. The minimum atomic E-state index is -0.938. The third kappa shape index (κ3) is 3.69. The van der Waals surface area contributed by atoms with Crippen LogP contribution in [0.25, 0.3) is 10.1 Å². The number of rotatable bonds is 4. The van der Waals surface area contributed by atoms with Crippen molar-refractivity contribution in [3.8, 4) is 0 Å². The second-order valence-electron chi connectivity index (χ2n) is 4.27. The lowest BCUT2D eigenvalue weighted by Crippen LogP contribution is -2.37. The third-order valence-corrected chi connectivity index (χ3v) is 3.47. The largest absolute Gasteiger partial charge is 0.481 e. The topological polar surface area (TPSA) is 78.4 Å². The van der Waals surface area contributed by atoms with Gasteiger partial charge in [-0.05, 0) is 42.0 Å². The van der Waals surface area contributed by atoms with Crippen LogP contribution in [0.4, 0.5) is 10.5 Å². The van der Waals surface area contributed by atoms with Crippen LogP contribution in [0.15, 0.2) is 29.6 Å². The quantitative estimate of drug-likeness (QED) is 0.804. The van der Waals surface area contributed by atoms with Gasteiger partial charge >= 0.3 is 12.0 Å². The highest BCUT2D eigenvalue weighted by molar-refractivity contribution is 7.17. The van der Waals surface area contributed by atoms with E-state index in [0.717, 1.165) is 10.1 Å². The number of amides is 2. The van der Waals surface area contributed by atoms with Crippen LogP contribution in [0.1, 0.15) is 13.3 Å². The average Bonchev–Trinajstić information content (AvgIpc) is 2.74. The fraction of sp³-hybridized carbons (Fsp3) is 0.231. The number of carbonyl (C=O) groups excluding carboxylic acids is 1. The van der Waals surface area contributed by atoms with Crippen LogP contribution >= 0.6 is 11.3 Å². The summed E-state index contributed by atoms with van der Waals surface area (Å²) in [5, 5.41) is 16.9. The Labute approximate surface area is 114 Å². The fourth-order valence-electron chi connectivity index (χ4n) is 1.75. The van der Waals surface area contributed by atoms with Crippen LogP contribution in [-0.4, -0.2) is 23.1 Å². The molecule has 2 rings (SSSR count). The second kappa shape index (κ2) is 5.71. The van der Waals surface area contributed by atoms with Crippen molar-refractivity contribution in [3.63, 3.8) is 0 Å². The first-order chi connectivity index (χ1) is 9.04. The van der Waals surface area contributed by atoms with E-state index in [4.69, 9.17) is 5.11 Å². The van der Waals surface area contributed by atoms with E-state index in [9.17, 15) is 9.59 Å². The highest BCUT2D eigenvalue weighted by atomic mass is 32.1. The van der Waals surface area contributed by atoms with Crippen LogP contribution < -0.4 is 10.6 Å². The predicted octanol–water partition coefficient (Wildman–Crippen LogP) is 2.89. The number of carboxylic acid groups (broad SMARTS) is 1. The summed E-state index contributed by atoms with van der Waals surface area (Å²) in [6.07, 6.45) is -0.100. The summed E-state index contributed by atoms with van der Waals surface area (Å²) in [5.41, 5.74) is 0.686. The Balaban J connectivity index is 1.96. The van der Waals surface area contributed by atoms with Crippen molar-refractivity contribution in [2.24, 2.45) is 0 Å². The minimum absolute atomic E-state index is 0.100. The molecule has 1 atom stereocenters. The Morgan fingerprint density at radius 2 is 2.16 bits per heavy atom. The molecular formula is C13H14N2O3S. The Morgan fingerprint density at radius 1 is 1.37 bits per heavy atom. The molecule has 5 nitrogen and oxygen atoms in total. The molecule has 2 aromatic rings. The summed E-state index contributed by atoms with van der Waals surface area (Å²) in [6.45, 7) is 1.65. The SMILES string of the molecule is CC(CC(=O)O)NC(=O)Nc1ccc2sccc2c1. The summed E-state index contributed by atoms with van der Waals surface area (Å²) < 4.78 is 1.16. The number of carbonyl (C=O) groups is 2. The van der Waals surface area contributed by atoms with Gasteiger partial charge < -0.3 is 15.7 Å². The van der Waals surface area contributed by atoms with E-state index in [1.165, 1.54) is 0 Å². The molecule has 3 N–H and O–H groups in total. The van der Waals surface area contributed by atoms with Gasteiger partial charge in [0.05, 0.1) is 6.42 Å². The van der Waals surface area contributed by atoms with Crippen molar-refractivity contribution in [2.75, 3.05) is 5.32 Å². The lowest BCUT2D eigenvalue weighted by molar-refractivity contribution is -0.137. The lowest BCUT2D eigenvalue weighted by Gasteiger charge is -2.12. The summed E-state index contributed by atoms with van der Waals surface area (Å²) in [7, 11) is 0. The van der Waals surface area contributed by atoms with Crippen LogP contribution in [0.3, 0.4) is 0 Å². The van der Waals surface area contributed by atoms with Gasteiger partial charge in [0, 0.05) is 16.4 Å². The first-order valence-electron chi connectivity index (χ1n) is 5.81. The molecule has 1 heterocycles. The standard InChI is InChI=1S/C13H14N2O3S/c1-8(6-12(16)17)14-13(18)15-10-2-3-11-9(7-10)4-5-19-11/h2-5,7-8H,6H2,1H3,(H,16,17)(H2,14,15,18). The molecule has 1 unspecified atom stereocenters. The van der Waals surface area contributed by atoms with E-state index in [2.05, 4.69) is 10.6 Å². The van der Waals surface area contributed by atoms with Gasteiger partial charge in [-0.3, -0.25) is 4.79 Å². The monoisotopic (exact) mass is 278 g/mol. The van der Waals surface area contributed by atoms with Gasteiger partial charge in [0.1, 0.15) is 0 Å². The van der Waals surface area contributed by atoms with Crippen molar-refractivity contribution in [1.82, 2.24) is 5.32 Å². The zero-order valence-electron chi connectivity index (χ0n) is 10.3. The number of hydrogen-bond donors (Lipinski definition) is 3. The van der Waals surface area contributed by atoms with E-state index < -0.39 is 18.0 Å². The van der Waals surface area contributed by atoms with E-state index in [0.29, 0.717) is 5.69 Å². The Morgan fingerprint density at radius 3 is 2.89 bits per heavy atom. The molecule has 0 bridgehead atoms. The van der Waals surface area contributed by atoms with E-state index in [1.807, 2.05) is 29.6 Å². The lowest BCUT2D eigenvalue weighted by atomic mass is 10.2. The molecule has 0 radical (unpaired) electrons. The summed E-state index contributed by atoms with van der Waals surface area (Å²) in [6, 6.07) is 6.81. The summed E-state index contributed by atoms with van der Waals surface area (Å²) >= 11 is 1.64. The number of thiophene rings is 1. The van der Waals surface area contributed by atoms with Gasteiger partial charge in [-0.1, -0.05) is 0 Å². The number of urea groups is 1. The average molecular weight is 278 g/mol. The maximum absolute atomic E-state index is 11.7. The number of aliphatic carboxylic acids is 1. The highest BCUT2D eigenvalue weighted by Crippen LogP contribution is 2.23. The Kier molecular flexibility index (Phi) is 4.01. The normalized spacial score (nSPS) is 12.1. The van der Waals surface area contributed by atoms with Crippen molar-refractivity contribution < 1.29 is 14.7 Å². The molecule has 0 aliphatic carbocycles. The molecule has 2 amide bonds. The number of nitrogens with one attached hydrogen (secondary N) is 2. The zero-order valence-corrected chi connectivity index (χ0v) is 11.2. The predicted molar refractivity (Wildman–Crippen MR) is 75.7 cm³/mol. The van der Waals surface area contributed by atoms with Gasteiger partial charge in [0.25, 0.3) is 0 Å². The van der Waals surface area contributed by atoms with Crippen LogP contribution in [0, 0.1) is 0 Å². The van der Waals surface area contributed by atoms with Gasteiger partial charge in [0.15, 0.2) is 0 Å². The van der Waals surface area contributed by atoms with Gasteiger partial charge in [0.2, 0.25) is 0 Å². The molecule has 1 aromatic carbocycles. The summed E-state index contributed by atoms with van der Waals surface area (Å²) in [5.74, 6) is -0.938. The molecular weight excluding hydrogens is 264 g/mol. The van der Waals surface area contributed by atoms with E-state index in [-0.39, 0.29) is 6.42 Å². The highest BCUT2D eigenvalue weighted by Gasteiger charge is 2.11. The molecule has 0 fully saturated rings. The first kappa shape index (κ1) is 13.4. The Hall–Kier alpha value is -2.08. The minimum Gasteiger partial charge on any atom is -0.481 e. The third-order valence-electron chi connectivity index (χ3n) is 2.57. The van der Waals surface area contributed by atoms with Crippen molar-refractivity contribution >= 4 is 39.1 Å². The second-order valence-corrected chi connectivity index (χ2v) is 5.22. The van der Waals surface area contributed by atoms with Gasteiger partial charge in [-0.2, -0.15) is 0 Å². The van der Waals surface area contributed by atoms with Crippen molar-refractivity contribution in [1.29, 1.82) is 0 Å². The molecule has 0 saturated carbocycles. The Bertz CT molecular complexity index is 609. The molecule has 100 valence electrons. The van der Waals surface area contributed by atoms with Gasteiger partial charge in [-0.15, -0.1) is 11.3 Å². The number of fused-ring (bicyclic) bond motifs is 1. The molecule has 0 aliphatic rings. The molecule has 19 heavy (non-hydrogen) atoms. The van der Waals surface area contributed by atoms with Crippen molar-refractivity contribution in [3.05, 3.63) is 29.6 Å². The maximum atomic E-state index is 11.7. The van der Waals surface area contributed by atoms with E-state index >= 15 is 0 Å². The van der Waals surface area contributed by atoms with Crippen LogP contribution in [0.2, 0.25) is 0 Å².